The molecule has 0 spiro atoms. The molecular weight excluding hydrogens is 334 g/mol. The summed E-state index contributed by atoms with van der Waals surface area (Å²) >= 11 is 0. The number of carbonyl (C=O) groups is 1. The van der Waals surface area contributed by atoms with Crippen LogP contribution < -0.4 is 10.1 Å². The van der Waals surface area contributed by atoms with Crippen molar-refractivity contribution in [1.29, 1.82) is 0 Å². The van der Waals surface area contributed by atoms with Crippen LogP contribution >= 0.6 is 0 Å². The Bertz CT molecular complexity index is 876. The molecule has 1 saturated heterocycles. The zero-order valence-corrected chi connectivity index (χ0v) is 14.3. The average Bonchev–Trinajstić information content (AvgIpc) is 3.09. The normalized spacial score (nSPS) is 20.0. The predicted molar refractivity (Wildman–Crippen MR) is 93.1 cm³/mol. The Hall–Kier alpha value is -3.00. The summed E-state index contributed by atoms with van der Waals surface area (Å²) in [5.74, 6) is 0.892. The zero-order valence-electron chi connectivity index (χ0n) is 14.3. The third-order valence-corrected chi connectivity index (χ3v) is 4.26. The van der Waals surface area contributed by atoms with Crippen molar-refractivity contribution >= 4 is 11.7 Å². The van der Waals surface area contributed by atoms with Gasteiger partial charge in [-0.25, -0.2) is 9.97 Å². The maximum atomic E-state index is 12.6. The number of pyridine rings is 1. The average molecular weight is 353 g/mol. The van der Waals surface area contributed by atoms with Gasteiger partial charge in [0.05, 0.1) is 18.8 Å². The molecule has 8 nitrogen and oxygen atoms in total. The molecule has 0 bridgehead atoms. The summed E-state index contributed by atoms with van der Waals surface area (Å²) in [5.41, 5.74) is 1.24. The van der Waals surface area contributed by atoms with Gasteiger partial charge in [-0.3, -0.25) is 14.2 Å². The SMILES string of the molecule is Cc1ccc(O[C@H]2COCC[C@H]2NC(=O)c2cn3cccnc3n2)cn1. The second-order valence-electron chi connectivity index (χ2n) is 6.19. The van der Waals surface area contributed by atoms with E-state index in [9.17, 15) is 4.79 Å². The predicted octanol–water partition coefficient (Wildman–Crippen LogP) is 1.40. The number of rotatable bonds is 4. The van der Waals surface area contributed by atoms with Gasteiger partial charge in [-0.2, -0.15) is 0 Å². The van der Waals surface area contributed by atoms with Crippen LogP contribution in [0.25, 0.3) is 5.78 Å². The molecule has 134 valence electrons. The number of ether oxygens (including phenoxy) is 2. The number of amides is 1. The van der Waals surface area contributed by atoms with E-state index in [0.29, 0.717) is 36.9 Å². The van der Waals surface area contributed by atoms with Crippen molar-refractivity contribution in [2.24, 2.45) is 0 Å². The monoisotopic (exact) mass is 353 g/mol. The van der Waals surface area contributed by atoms with E-state index in [1.54, 1.807) is 35.3 Å². The minimum Gasteiger partial charge on any atom is -0.484 e. The third kappa shape index (κ3) is 3.50. The number of nitrogens with zero attached hydrogens (tertiary/aromatic N) is 4. The van der Waals surface area contributed by atoms with Gasteiger partial charge in [-0.15, -0.1) is 0 Å². The van der Waals surface area contributed by atoms with Gasteiger partial charge >= 0.3 is 0 Å². The van der Waals surface area contributed by atoms with Gasteiger partial charge in [-0.1, -0.05) is 0 Å². The minimum atomic E-state index is -0.285. The maximum Gasteiger partial charge on any atom is 0.271 e. The molecule has 2 atom stereocenters. The standard InChI is InChI=1S/C18H19N5O3/c1-12-3-4-13(9-20-12)26-16-11-25-8-5-14(16)21-17(24)15-10-23-7-2-6-19-18(23)22-15/h2-4,6-7,9-10,14,16H,5,8,11H2,1H3,(H,21,24)/t14-,16+/m1/s1. The molecule has 1 aliphatic rings. The molecule has 1 aliphatic heterocycles. The lowest BCUT2D eigenvalue weighted by Crippen LogP contribution is -2.51. The summed E-state index contributed by atoms with van der Waals surface area (Å²) in [4.78, 5) is 25.2. The lowest BCUT2D eigenvalue weighted by atomic mass is 10.1. The molecule has 4 rings (SSSR count). The number of nitrogens with one attached hydrogen (secondary N) is 1. The van der Waals surface area contributed by atoms with Crippen LogP contribution in [0, 0.1) is 6.92 Å². The van der Waals surface area contributed by atoms with Crippen LogP contribution in [0.2, 0.25) is 0 Å². The molecule has 26 heavy (non-hydrogen) atoms. The summed E-state index contributed by atoms with van der Waals surface area (Å²) < 4.78 is 13.2. The van der Waals surface area contributed by atoms with E-state index >= 15 is 0 Å². The summed E-state index contributed by atoms with van der Waals surface area (Å²) in [7, 11) is 0. The number of aromatic nitrogens is 4. The Balaban J connectivity index is 1.47. The molecule has 0 unspecified atom stereocenters. The van der Waals surface area contributed by atoms with Crippen molar-refractivity contribution in [3.63, 3.8) is 0 Å². The van der Waals surface area contributed by atoms with Gasteiger partial charge in [0.15, 0.2) is 0 Å². The molecule has 0 aliphatic carbocycles. The smallest absolute Gasteiger partial charge is 0.271 e. The van der Waals surface area contributed by atoms with E-state index < -0.39 is 0 Å². The highest BCUT2D eigenvalue weighted by Gasteiger charge is 2.30. The molecule has 3 aromatic rings. The summed E-state index contributed by atoms with van der Waals surface area (Å²) in [6.07, 6.45) is 7.17. The highest BCUT2D eigenvalue weighted by atomic mass is 16.5. The van der Waals surface area contributed by atoms with Crippen molar-refractivity contribution in [3.05, 3.63) is 54.4 Å². The van der Waals surface area contributed by atoms with Gasteiger partial charge in [-0.05, 0) is 31.5 Å². The number of carbonyl (C=O) groups excluding carboxylic acids is 1. The largest absolute Gasteiger partial charge is 0.484 e. The van der Waals surface area contributed by atoms with Crippen LogP contribution in [-0.2, 0) is 4.74 Å². The van der Waals surface area contributed by atoms with Gasteiger partial charge in [0.2, 0.25) is 5.78 Å². The van der Waals surface area contributed by atoms with Crippen LogP contribution in [0.3, 0.4) is 0 Å². The quantitative estimate of drug-likeness (QED) is 0.762. The topological polar surface area (TPSA) is 90.6 Å². The number of fused-ring (bicyclic) bond motifs is 1. The summed E-state index contributed by atoms with van der Waals surface area (Å²) in [6.45, 7) is 2.90. The molecular formula is C18H19N5O3. The van der Waals surface area contributed by atoms with Gasteiger partial charge in [0, 0.05) is 30.9 Å². The molecule has 1 amide bonds. The Morgan fingerprint density at radius 1 is 1.38 bits per heavy atom. The number of hydrogen-bond donors (Lipinski definition) is 1. The molecule has 0 radical (unpaired) electrons. The van der Waals surface area contributed by atoms with E-state index in [1.807, 2.05) is 19.1 Å². The fraction of sp³-hybridized carbons (Fsp3) is 0.333. The fourth-order valence-electron chi connectivity index (χ4n) is 2.87. The third-order valence-electron chi connectivity index (χ3n) is 4.26. The van der Waals surface area contributed by atoms with Crippen molar-refractivity contribution in [2.45, 2.75) is 25.5 Å². The second kappa shape index (κ2) is 7.09. The summed E-state index contributed by atoms with van der Waals surface area (Å²) in [5, 5.41) is 3.01. The van der Waals surface area contributed by atoms with Gasteiger partial charge < -0.3 is 14.8 Å². The van der Waals surface area contributed by atoms with E-state index in [4.69, 9.17) is 9.47 Å². The molecule has 0 aromatic carbocycles. The zero-order chi connectivity index (χ0) is 17.9. The molecule has 3 aromatic heterocycles. The van der Waals surface area contributed by atoms with Crippen LogP contribution in [0.1, 0.15) is 22.6 Å². The van der Waals surface area contributed by atoms with Gasteiger partial charge in [0.1, 0.15) is 17.5 Å². The molecule has 0 saturated carbocycles. The van der Waals surface area contributed by atoms with E-state index in [0.717, 1.165) is 5.69 Å². The first-order valence-corrected chi connectivity index (χ1v) is 8.47. The minimum absolute atomic E-state index is 0.171. The molecule has 1 N–H and O–H groups in total. The lowest BCUT2D eigenvalue weighted by molar-refractivity contribution is -0.0136. The van der Waals surface area contributed by atoms with Crippen LogP contribution in [0.15, 0.2) is 43.0 Å². The summed E-state index contributed by atoms with van der Waals surface area (Å²) in [6, 6.07) is 5.36. The highest BCUT2D eigenvalue weighted by Crippen LogP contribution is 2.17. The number of imidazole rings is 1. The number of aryl methyl sites for hydroxylation is 1. The highest BCUT2D eigenvalue weighted by molar-refractivity contribution is 5.93. The molecule has 1 fully saturated rings. The first-order chi connectivity index (χ1) is 12.7. The maximum absolute atomic E-state index is 12.6. The fourth-order valence-corrected chi connectivity index (χ4v) is 2.87. The first-order valence-electron chi connectivity index (χ1n) is 8.47. The van der Waals surface area contributed by atoms with Crippen molar-refractivity contribution in [1.82, 2.24) is 24.7 Å². The van der Waals surface area contributed by atoms with Crippen molar-refractivity contribution in [2.75, 3.05) is 13.2 Å². The Morgan fingerprint density at radius 2 is 2.31 bits per heavy atom. The first kappa shape index (κ1) is 16.5. The van der Waals surface area contributed by atoms with Gasteiger partial charge in [0.25, 0.3) is 5.91 Å². The van der Waals surface area contributed by atoms with Crippen LogP contribution in [0.5, 0.6) is 5.75 Å². The van der Waals surface area contributed by atoms with E-state index in [-0.39, 0.29) is 18.1 Å². The Kier molecular flexibility index (Phi) is 4.49. The Morgan fingerprint density at radius 3 is 3.12 bits per heavy atom. The lowest BCUT2D eigenvalue weighted by Gasteiger charge is -2.32. The molecule has 4 heterocycles. The van der Waals surface area contributed by atoms with Crippen molar-refractivity contribution in [3.8, 4) is 5.75 Å². The van der Waals surface area contributed by atoms with E-state index in [1.165, 1.54) is 0 Å². The van der Waals surface area contributed by atoms with E-state index in [2.05, 4.69) is 20.3 Å². The van der Waals surface area contributed by atoms with Crippen molar-refractivity contribution < 1.29 is 14.3 Å². The molecule has 8 heteroatoms. The second-order valence-corrected chi connectivity index (χ2v) is 6.19. The number of hydrogen-bond acceptors (Lipinski definition) is 6. The Labute approximate surface area is 150 Å². The van der Waals surface area contributed by atoms with Crippen LogP contribution in [-0.4, -0.2) is 50.6 Å². The van der Waals surface area contributed by atoms with Crippen LogP contribution in [0.4, 0.5) is 0 Å².